The van der Waals surface area contributed by atoms with Gasteiger partial charge in [0.25, 0.3) is 0 Å². The van der Waals surface area contributed by atoms with Gasteiger partial charge in [-0.3, -0.25) is 4.79 Å². The number of rotatable bonds is 4. The molecule has 0 saturated carbocycles. The molecule has 18 heavy (non-hydrogen) atoms. The summed E-state index contributed by atoms with van der Waals surface area (Å²) in [5, 5.41) is 0. The van der Waals surface area contributed by atoms with E-state index in [2.05, 4.69) is 31.9 Å². The maximum absolute atomic E-state index is 11.9. The molecule has 1 aromatic heterocycles. The summed E-state index contributed by atoms with van der Waals surface area (Å²) >= 11 is 8.14. The largest absolute Gasteiger partial charge is 0.485 e. The van der Waals surface area contributed by atoms with Gasteiger partial charge in [0.15, 0.2) is 6.61 Å². The van der Waals surface area contributed by atoms with Gasteiger partial charge in [0.1, 0.15) is 5.75 Å². The van der Waals surface area contributed by atoms with Crippen molar-refractivity contribution >= 4 is 49.0 Å². The van der Waals surface area contributed by atoms with Crippen molar-refractivity contribution in [2.24, 2.45) is 0 Å². The van der Waals surface area contributed by atoms with Crippen molar-refractivity contribution in [1.29, 1.82) is 0 Å². The fourth-order valence-corrected chi connectivity index (χ4v) is 3.24. The van der Waals surface area contributed by atoms with Gasteiger partial charge >= 0.3 is 0 Å². The first-order chi connectivity index (χ1) is 8.56. The lowest BCUT2D eigenvalue weighted by Gasteiger charge is -2.08. The Balaban J connectivity index is 2.01. The molecule has 0 atom stereocenters. The Kier molecular flexibility index (Phi) is 4.59. The molecule has 0 saturated heterocycles. The third-order valence-corrected chi connectivity index (χ3v) is 4.50. The van der Waals surface area contributed by atoms with E-state index in [4.69, 9.17) is 4.74 Å². The molecule has 0 spiro atoms. The Labute approximate surface area is 126 Å². The molecular formula is C13H10Br2O2S. The van der Waals surface area contributed by atoms with Gasteiger partial charge in [0.05, 0.1) is 8.66 Å². The summed E-state index contributed by atoms with van der Waals surface area (Å²) in [5.41, 5.74) is 1.00. The number of thiophene rings is 1. The third kappa shape index (κ3) is 3.43. The zero-order valence-corrected chi connectivity index (χ0v) is 13.6. The van der Waals surface area contributed by atoms with E-state index in [1.807, 2.05) is 31.2 Å². The van der Waals surface area contributed by atoms with E-state index in [9.17, 15) is 4.79 Å². The van der Waals surface area contributed by atoms with Crippen molar-refractivity contribution in [2.75, 3.05) is 6.61 Å². The zero-order chi connectivity index (χ0) is 13.1. The van der Waals surface area contributed by atoms with Crippen LogP contribution >= 0.6 is 43.2 Å². The second-order valence-corrected chi connectivity index (χ2v) is 7.10. The van der Waals surface area contributed by atoms with Gasteiger partial charge in [-0.15, -0.1) is 11.3 Å². The number of ketones is 1. The molecule has 0 aliphatic rings. The lowest BCUT2D eigenvalue weighted by molar-refractivity contribution is 0.0925. The Bertz CT molecular complexity index is 578. The highest BCUT2D eigenvalue weighted by atomic mass is 79.9. The SMILES string of the molecule is Cc1cc(Br)ccc1OCC(=O)c1ccc(Br)s1. The van der Waals surface area contributed by atoms with Gasteiger partial charge in [0, 0.05) is 4.47 Å². The van der Waals surface area contributed by atoms with E-state index in [1.165, 1.54) is 11.3 Å². The fraction of sp³-hybridized carbons (Fsp3) is 0.154. The number of aryl methyl sites for hydroxylation is 1. The van der Waals surface area contributed by atoms with Crippen LogP contribution < -0.4 is 4.74 Å². The molecule has 94 valence electrons. The fourth-order valence-electron chi connectivity index (χ4n) is 1.45. The molecule has 1 heterocycles. The van der Waals surface area contributed by atoms with Crippen LogP contribution in [-0.4, -0.2) is 12.4 Å². The predicted molar refractivity (Wildman–Crippen MR) is 80.7 cm³/mol. The van der Waals surface area contributed by atoms with Crippen LogP contribution in [0, 0.1) is 6.92 Å². The lowest BCUT2D eigenvalue weighted by Crippen LogP contribution is -2.10. The van der Waals surface area contributed by atoms with E-state index in [0.29, 0.717) is 4.88 Å². The molecule has 0 radical (unpaired) electrons. The highest BCUT2D eigenvalue weighted by molar-refractivity contribution is 9.11. The number of carbonyl (C=O) groups is 1. The summed E-state index contributed by atoms with van der Waals surface area (Å²) in [6, 6.07) is 9.38. The molecule has 0 aliphatic heterocycles. The van der Waals surface area contributed by atoms with Crippen molar-refractivity contribution in [2.45, 2.75) is 6.92 Å². The van der Waals surface area contributed by atoms with Crippen molar-refractivity contribution in [1.82, 2.24) is 0 Å². The molecule has 2 aromatic rings. The summed E-state index contributed by atoms with van der Waals surface area (Å²) < 4.78 is 7.49. The number of benzene rings is 1. The summed E-state index contributed by atoms with van der Waals surface area (Å²) in [6.07, 6.45) is 0. The maximum atomic E-state index is 11.9. The zero-order valence-electron chi connectivity index (χ0n) is 9.57. The van der Waals surface area contributed by atoms with Gasteiger partial charge in [-0.2, -0.15) is 0 Å². The normalized spacial score (nSPS) is 10.4. The molecule has 2 nitrogen and oxygen atoms in total. The van der Waals surface area contributed by atoms with Crippen molar-refractivity contribution in [3.05, 3.63) is 49.0 Å². The number of ether oxygens (including phenoxy) is 1. The van der Waals surface area contributed by atoms with E-state index < -0.39 is 0 Å². The van der Waals surface area contributed by atoms with E-state index in [1.54, 1.807) is 6.07 Å². The Morgan fingerprint density at radius 1 is 1.28 bits per heavy atom. The summed E-state index contributed by atoms with van der Waals surface area (Å²) in [4.78, 5) is 12.6. The molecule has 0 N–H and O–H groups in total. The number of Topliss-reactive ketones (excluding diaryl/α,β-unsaturated/α-hetero) is 1. The average molecular weight is 390 g/mol. The number of halogens is 2. The first kappa shape index (κ1) is 13.8. The molecule has 0 unspecified atom stereocenters. The van der Waals surface area contributed by atoms with Crippen LogP contribution in [0.4, 0.5) is 0 Å². The summed E-state index contributed by atoms with van der Waals surface area (Å²) in [7, 11) is 0. The van der Waals surface area contributed by atoms with Crippen molar-refractivity contribution in [3.63, 3.8) is 0 Å². The standard InChI is InChI=1S/C13H10Br2O2S/c1-8-6-9(14)2-3-11(8)17-7-10(16)12-4-5-13(15)18-12/h2-6H,7H2,1H3. The Hall–Kier alpha value is -0.650. The second-order valence-electron chi connectivity index (χ2n) is 3.73. The first-order valence-electron chi connectivity index (χ1n) is 5.24. The smallest absolute Gasteiger partial charge is 0.210 e. The van der Waals surface area contributed by atoms with Crippen LogP contribution in [0.1, 0.15) is 15.2 Å². The number of hydrogen-bond donors (Lipinski definition) is 0. The number of carbonyl (C=O) groups excluding carboxylic acids is 1. The van der Waals surface area contributed by atoms with E-state index >= 15 is 0 Å². The topological polar surface area (TPSA) is 26.3 Å². The lowest BCUT2D eigenvalue weighted by atomic mass is 10.2. The van der Waals surface area contributed by atoms with Crippen LogP contribution in [0.25, 0.3) is 0 Å². The van der Waals surface area contributed by atoms with Gasteiger partial charge in [-0.25, -0.2) is 0 Å². The summed E-state index contributed by atoms with van der Waals surface area (Å²) in [6.45, 7) is 2.02. The van der Waals surface area contributed by atoms with Crippen LogP contribution in [0.2, 0.25) is 0 Å². The average Bonchev–Trinajstić information content (AvgIpc) is 2.74. The van der Waals surface area contributed by atoms with E-state index in [0.717, 1.165) is 19.6 Å². The Morgan fingerprint density at radius 2 is 2.06 bits per heavy atom. The van der Waals surface area contributed by atoms with E-state index in [-0.39, 0.29) is 12.4 Å². The van der Waals surface area contributed by atoms with Crippen LogP contribution in [0.15, 0.2) is 38.6 Å². The molecule has 0 aliphatic carbocycles. The minimum atomic E-state index is -0.00646. The minimum Gasteiger partial charge on any atom is -0.485 e. The van der Waals surface area contributed by atoms with Crippen LogP contribution in [-0.2, 0) is 0 Å². The van der Waals surface area contributed by atoms with Crippen LogP contribution in [0.5, 0.6) is 5.75 Å². The highest BCUT2D eigenvalue weighted by Crippen LogP contribution is 2.24. The number of hydrogen-bond acceptors (Lipinski definition) is 3. The molecule has 5 heteroatoms. The quantitative estimate of drug-likeness (QED) is 0.699. The molecular weight excluding hydrogens is 380 g/mol. The monoisotopic (exact) mass is 388 g/mol. The first-order valence-corrected chi connectivity index (χ1v) is 7.64. The minimum absolute atomic E-state index is 0.00646. The third-order valence-electron chi connectivity index (χ3n) is 2.34. The molecule has 0 amide bonds. The van der Waals surface area contributed by atoms with Crippen LogP contribution in [0.3, 0.4) is 0 Å². The summed E-state index contributed by atoms with van der Waals surface area (Å²) in [5.74, 6) is 0.732. The van der Waals surface area contributed by atoms with Gasteiger partial charge in [0.2, 0.25) is 5.78 Å². The van der Waals surface area contributed by atoms with Gasteiger partial charge < -0.3 is 4.74 Å². The van der Waals surface area contributed by atoms with Gasteiger partial charge in [-0.1, -0.05) is 15.9 Å². The highest BCUT2D eigenvalue weighted by Gasteiger charge is 2.10. The van der Waals surface area contributed by atoms with Crippen molar-refractivity contribution in [3.8, 4) is 5.75 Å². The van der Waals surface area contributed by atoms with Crippen molar-refractivity contribution < 1.29 is 9.53 Å². The van der Waals surface area contributed by atoms with Gasteiger partial charge in [-0.05, 0) is 58.7 Å². The Morgan fingerprint density at radius 3 is 2.67 bits per heavy atom. The molecule has 0 fully saturated rings. The molecule has 1 aromatic carbocycles. The maximum Gasteiger partial charge on any atom is 0.210 e. The second kappa shape index (κ2) is 5.99. The predicted octanol–water partition coefficient (Wildman–Crippen LogP) is 4.84. The molecule has 0 bridgehead atoms. The molecule has 2 rings (SSSR count).